The van der Waals surface area contributed by atoms with Gasteiger partial charge in [-0.05, 0) is 36.9 Å². The highest BCUT2D eigenvalue weighted by Gasteiger charge is 2.09. The minimum Gasteiger partial charge on any atom is -0.444 e. The van der Waals surface area contributed by atoms with E-state index >= 15 is 0 Å². The molecule has 0 spiro atoms. The maximum absolute atomic E-state index is 13.7. The van der Waals surface area contributed by atoms with Crippen LogP contribution in [0.4, 0.5) is 14.9 Å². The van der Waals surface area contributed by atoms with Gasteiger partial charge in [-0.1, -0.05) is 29.8 Å². The molecular formula is C19H21ClFN3O3. The lowest BCUT2D eigenvalue weighted by Gasteiger charge is -2.15. The van der Waals surface area contributed by atoms with E-state index in [1.54, 1.807) is 19.2 Å². The summed E-state index contributed by atoms with van der Waals surface area (Å²) in [6, 6.07) is 11.3. The number of ether oxygens (including phenoxy) is 1. The van der Waals surface area contributed by atoms with Crippen LogP contribution in [0.1, 0.15) is 11.1 Å². The van der Waals surface area contributed by atoms with Crippen LogP contribution in [0, 0.1) is 5.82 Å². The average Bonchev–Trinajstić information content (AvgIpc) is 2.62. The van der Waals surface area contributed by atoms with E-state index in [1.807, 2.05) is 24.1 Å². The molecule has 0 aliphatic carbocycles. The molecule has 0 atom stereocenters. The summed E-state index contributed by atoms with van der Waals surface area (Å²) >= 11 is 5.68. The first-order chi connectivity index (χ1) is 12.9. The van der Waals surface area contributed by atoms with Crippen LogP contribution in [0.5, 0.6) is 0 Å². The highest BCUT2D eigenvalue weighted by molar-refractivity contribution is 6.30. The Morgan fingerprint density at radius 2 is 1.89 bits per heavy atom. The third-order valence-electron chi connectivity index (χ3n) is 3.72. The number of hydrogen-bond acceptors (Lipinski definition) is 4. The Morgan fingerprint density at radius 1 is 1.19 bits per heavy atom. The second-order valence-electron chi connectivity index (χ2n) is 5.98. The van der Waals surface area contributed by atoms with Crippen molar-refractivity contribution in [1.82, 2.24) is 10.2 Å². The van der Waals surface area contributed by atoms with Crippen molar-refractivity contribution in [3.05, 3.63) is 64.4 Å². The first-order valence-corrected chi connectivity index (χ1v) is 8.61. The van der Waals surface area contributed by atoms with Crippen LogP contribution >= 0.6 is 11.6 Å². The van der Waals surface area contributed by atoms with Crippen LogP contribution in [0.2, 0.25) is 5.02 Å². The summed E-state index contributed by atoms with van der Waals surface area (Å²) in [6.07, 6.45) is -0.686. The van der Waals surface area contributed by atoms with E-state index in [0.29, 0.717) is 18.8 Å². The third kappa shape index (κ3) is 6.88. The number of likely N-dealkylation sites (N-methyl/N-ethyl adjacent to an activating group) is 2. The van der Waals surface area contributed by atoms with Crippen molar-refractivity contribution in [2.75, 3.05) is 26.0 Å². The SMILES string of the molecule is CNC(=O)CN(C)Cc1ccc(NC(=O)OCc2ccc(Cl)cc2F)cc1. The normalized spacial score (nSPS) is 10.6. The highest BCUT2D eigenvalue weighted by atomic mass is 35.5. The zero-order chi connectivity index (χ0) is 19.8. The lowest BCUT2D eigenvalue weighted by Crippen LogP contribution is -2.32. The van der Waals surface area contributed by atoms with E-state index in [9.17, 15) is 14.0 Å². The Kier molecular flexibility index (Phi) is 7.57. The molecule has 0 saturated heterocycles. The summed E-state index contributed by atoms with van der Waals surface area (Å²) in [6.45, 7) is 0.690. The molecule has 0 unspecified atom stereocenters. The predicted molar refractivity (Wildman–Crippen MR) is 102 cm³/mol. The molecule has 27 heavy (non-hydrogen) atoms. The van der Waals surface area contributed by atoms with Crippen molar-refractivity contribution in [3.63, 3.8) is 0 Å². The van der Waals surface area contributed by atoms with Gasteiger partial charge < -0.3 is 10.1 Å². The molecule has 6 nitrogen and oxygen atoms in total. The van der Waals surface area contributed by atoms with Crippen molar-refractivity contribution in [2.45, 2.75) is 13.2 Å². The lowest BCUT2D eigenvalue weighted by atomic mass is 10.2. The molecule has 0 heterocycles. The molecule has 0 bridgehead atoms. The molecule has 0 aromatic heterocycles. The number of halogens is 2. The van der Waals surface area contributed by atoms with E-state index in [-0.39, 0.29) is 23.1 Å². The van der Waals surface area contributed by atoms with Gasteiger partial charge in [-0.2, -0.15) is 0 Å². The molecule has 0 fully saturated rings. The second-order valence-corrected chi connectivity index (χ2v) is 6.42. The number of nitrogens with zero attached hydrogens (tertiary/aromatic N) is 1. The van der Waals surface area contributed by atoms with E-state index in [0.717, 1.165) is 11.6 Å². The highest BCUT2D eigenvalue weighted by Crippen LogP contribution is 2.16. The van der Waals surface area contributed by atoms with Gasteiger partial charge in [0.25, 0.3) is 0 Å². The summed E-state index contributed by atoms with van der Waals surface area (Å²) in [5.74, 6) is -0.587. The number of amides is 2. The van der Waals surface area contributed by atoms with Gasteiger partial charge in [-0.25, -0.2) is 9.18 Å². The standard InChI is InChI=1S/C19H21ClFN3O3/c1-22-18(25)11-24(2)10-13-3-7-16(8-4-13)23-19(26)27-12-14-5-6-15(20)9-17(14)21/h3-9H,10-12H2,1-2H3,(H,22,25)(H,23,26). The summed E-state index contributed by atoms with van der Waals surface area (Å²) in [4.78, 5) is 25.1. The minimum atomic E-state index is -0.686. The number of carbonyl (C=O) groups is 2. The quantitative estimate of drug-likeness (QED) is 0.756. The number of hydrogen-bond donors (Lipinski definition) is 2. The van der Waals surface area contributed by atoms with Crippen LogP contribution < -0.4 is 10.6 Å². The lowest BCUT2D eigenvalue weighted by molar-refractivity contribution is -0.121. The molecule has 0 aliphatic rings. The number of anilines is 1. The first-order valence-electron chi connectivity index (χ1n) is 8.23. The van der Waals surface area contributed by atoms with Crippen molar-refractivity contribution in [2.24, 2.45) is 0 Å². The van der Waals surface area contributed by atoms with Gasteiger partial charge in [-0.3, -0.25) is 15.0 Å². The largest absolute Gasteiger partial charge is 0.444 e. The number of benzene rings is 2. The van der Waals surface area contributed by atoms with Crippen molar-refractivity contribution >= 4 is 29.3 Å². The monoisotopic (exact) mass is 393 g/mol. The number of carbonyl (C=O) groups excluding carboxylic acids is 2. The van der Waals surface area contributed by atoms with Crippen LogP contribution in [0.3, 0.4) is 0 Å². The third-order valence-corrected chi connectivity index (χ3v) is 3.95. The molecule has 2 aromatic carbocycles. The maximum atomic E-state index is 13.7. The van der Waals surface area contributed by atoms with Crippen LogP contribution in [0.15, 0.2) is 42.5 Å². The van der Waals surface area contributed by atoms with Crippen molar-refractivity contribution in [3.8, 4) is 0 Å². The Labute approximate surface area is 162 Å². The molecular weight excluding hydrogens is 373 g/mol. The van der Waals surface area contributed by atoms with Gasteiger partial charge in [0, 0.05) is 29.9 Å². The van der Waals surface area contributed by atoms with Gasteiger partial charge in [0.15, 0.2) is 0 Å². The first kappa shape index (κ1) is 20.7. The minimum absolute atomic E-state index is 0.0596. The molecule has 2 N–H and O–H groups in total. The fourth-order valence-electron chi connectivity index (χ4n) is 2.32. The van der Waals surface area contributed by atoms with Crippen LogP contribution in [-0.4, -0.2) is 37.5 Å². The van der Waals surface area contributed by atoms with Crippen molar-refractivity contribution < 1.29 is 18.7 Å². The van der Waals surface area contributed by atoms with Crippen LogP contribution in [-0.2, 0) is 22.7 Å². The van der Waals surface area contributed by atoms with E-state index in [4.69, 9.17) is 16.3 Å². The summed E-state index contributed by atoms with van der Waals surface area (Å²) in [5.41, 5.74) is 1.78. The second kappa shape index (κ2) is 9.89. The molecule has 2 aromatic rings. The van der Waals surface area contributed by atoms with Crippen molar-refractivity contribution in [1.29, 1.82) is 0 Å². The van der Waals surface area contributed by atoms with Gasteiger partial charge in [-0.15, -0.1) is 0 Å². The average molecular weight is 394 g/mol. The molecule has 8 heteroatoms. The molecule has 2 rings (SSSR count). The van der Waals surface area contributed by atoms with E-state index in [2.05, 4.69) is 10.6 Å². The van der Waals surface area contributed by atoms with Crippen LogP contribution in [0.25, 0.3) is 0 Å². The van der Waals surface area contributed by atoms with Gasteiger partial charge in [0.05, 0.1) is 6.54 Å². The predicted octanol–water partition coefficient (Wildman–Crippen LogP) is 3.41. The van der Waals surface area contributed by atoms with Gasteiger partial charge in [0.2, 0.25) is 5.91 Å². The maximum Gasteiger partial charge on any atom is 0.411 e. The zero-order valence-electron chi connectivity index (χ0n) is 15.1. The van der Waals surface area contributed by atoms with Gasteiger partial charge >= 0.3 is 6.09 Å². The number of nitrogens with one attached hydrogen (secondary N) is 2. The van der Waals surface area contributed by atoms with E-state index < -0.39 is 11.9 Å². The Bertz CT molecular complexity index is 799. The summed E-state index contributed by atoms with van der Waals surface area (Å²) < 4.78 is 18.7. The summed E-state index contributed by atoms with van der Waals surface area (Å²) in [7, 11) is 3.44. The van der Waals surface area contributed by atoms with Gasteiger partial charge in [0.1, 0.15) is 12.4 Å². The fraction of sp³-hybridized carbons (Fsp3) is 0.263. The summed E-state index contributed by atoms with van der Waals surface area (Å²) in [5, 5.41) is 5.43. The fourth-order valence-corrected chi connectivity index (χ4v) is 2.48. The molecule has 144 valence electrons. The topological polar surface area (TPSA) is 70.7 Å². The molecule has 0 radical (unpaired) electrons. The number of rotatable bonds is 7. The Hall–Kier alpha value is -2.64. The zero-order valence-corrected chi connectivity index (χ0v) is 15.8. The molecule has 0 saturated carbocycles. The molecule has 2 amide bonds. The Balaban J connectivity index is 1.83. The van der Waals surface area contributed by atoms with E-state index in [1.165, 1.54) is 12.1 Å². The Morgan fingerprint density at radius 3 is 2.52 bits per heavy atom. The molecule has 0 aliphatic heterocycles. The smallest absolute Gasteiger partial charge is 0.411 e.